The van der Waals surface area contributed by atoms with Crippen LogP contribution in [0.3, 0.4) is 0 Å². The molecule has 2 aromatic rings. The molecule has 1 aromatic heterocycles. The van der Waals surface area contributed by atoms with Crippen LogP contribution in [0.5, 0.6) is 0 Å². The number of aromatic nitrogens is 1. The summed E-state index contributed by atoms with van der Waals surface area (Å²) >= 11 is 4.03. The van der Waals surface area contributed by atoms with Crippen molar-refractivity contribution >= 4 is 29.2 Å². The van der Waals surface area contributed by atoms with E-state index >= 15 is 0 Å². The van der Waals surface area contributed by atoms with E-state index < -0.39 is 11.9 Å². The first-order valence-corrected chi connectivity index (χ1v) is 5.97. The van der Waals surface area contributed by atoms with Crippen LogP contribution < -0.4 is 5.32 Å². The topological polar surface area (TPSA) is 24.9 Å². The molecule has 0 bridgehead atoms. The first-order chi connectivity index (χ1) is 8.52. The minimum atomic E-state index is -4.44. The smallest absolute Gasteiger partial charge is 0.384 e. The van der Waals surface area contributed by atoms with Gasteiger partial charge in [0, 0.05) is 23.4 Å². The van der Waals surface area contributed by atoms with Gasteiger partial charge in [-0.25, -0.2) is 4.98 Å². The van der Waals surface area contributed by atoms with Gasteiger partial charge in [-0.15, -0.1) is 0 Å². The molecule has 0 radical (unpaired) electrons. The van der Waals surface area contributed by atoms with Gasteiger partial charge in [-0.1, -0.05) is 18.2 Å². The van der Waals surface area contributed by atoms with Gasteiger partial charge in [-0.05, 0) is 12.1 Å². The van der Waals surface area contributed by atoms with Gasteiger partial charge in [0.1, 0.15) is 5.69 Å². The summed E-state index contributed by atoms with van der Waals surface area (Å²) in [4.78, 5) is 3.63. The summed E-state index contributed by atoms with van der Waals surface area (Å²) in [6.45, 7) is 0.494. The highest BCUT2D eigenvalue weighted by molar-refractivity contribution is 7.80. The summed E-state index contributed by atoms with van der Waals surface area (Å²) in [5.74, 6) is 0.540. The molecule has 96 valence electrons. The van der Waals surface area contributed by atoms with E-state index in [9.17, 15) is 13.2 Å². The number of nitrogens with zero attached hydrogens (tertiary/aromatic N) is 1. The van der Waals surface area contributed by atoms with Gasteiger partial charge in [-0.3, -0.25) is 0 Å². The first kappa shape index (κ1) is 13.0. The van der Waals surface area contributed by atoms with Crippen molar-refractivity contribution in [2.24, 2.45) is 0 Å². The van der Waals surface area contributed by atoms with E-state index in [4.69, 9.17) is 0 Å². The van der Waals surface area contributed by atoms with Crippen molar-refractivity contribution in [3.63, 3.8) is 0 Å². The van der Waals surface area contributed by atoms with Crippen LogP contribution >= 0.6 is 12.6 Å². The minimum absolute atomic E-state index is 0.328. The molecule has 0 fully saturated rings. The maximum atomic E-state index is 12.7. The van der Waals surface area contributed by atoms with Gasteiger partial charge >= 0.3 is 6.18 Å². The van der Waals surface area contributed by atoms with Gasteiger partial charge < -0.3 is 5.32 Å². The van der Waals surface area contributed by atoms with Crippen molar-refractivity contribution < 1.29 is 13.2 Å². The van der Waals surface area contributed by atoms with Crippen LogP contribution in [0.4, 0.5) is 18.9 Å². The summed E-state index contributed by atoms with van der Waals surface area (Å²) in [6.07, 6.45) is -4.44. The fourth-order valence-electron chi connectivity index (χ4n) is 1.66. The van der Waals surface area contributed by atoms with Gasteiger partial charge in [0.05, 0.1) is 5.52 Å². The van der Waals surface area contributed by atoms with Gasteiger partial charge in [0.15, 0.2) is 0 Å². The highest BCUT2D eigenvalue weighted by atomic mass is 32.1. The van der Waals surface area contributed by atoms with Crippen molar-refractivity contribution in [1.29, 1.82) is 0 Å². The van der Waals surface area contributed by atoms with Crippen LogP contribution in [-0.2, 0) is 6.18 Å². The Morgan fingerprint density at radius 2 is 1.94 bits per heavy atom. The van der Waals surface area contributed by atoms with Gasteiger partial charge in [-0.2, -0.15) is 25.8 Å². The fraction of sp³-hybridized carbons (Fsp3) is 0.250. The van der Waals surface area contributed by atoms with E-state index in [-0.39, 0.29) is 0 Å². The average molecular weight is 272 g/mol. The Kier molecular flexibility index (Phi) is 3.65. The Hall–Kier alpha value is -1.43. The lowest BCUT2D eigenvalue weighted by atomic mass is 10.1. The molecule has 1 N–H and O–H groups in total. The molecule has 0 spiro atoms. The van der Waals surface area contributed by atoms with Gasteiger partial charge in [0.25, 0.3) is 0 Å². The largest absolute Gasteiger partial charge is 0.433 e. The number of thiol groups is 1. The summed E-state index contributed by atoms with van der Waals surface area (Å²) in [7, 11) is 0. The molecule has 18 heavy (non-hydrogen) atoms. The highest BCUT2D eigenvalue weighted by Gasteiger charge is 2.33. The van der Waals surface area contributed by atoms with Crippen LogP contribution in [0.25, 0.3) is 10.9 Å². The quantitative estimate of drug-likeness (QED) is 0.835. The molecular formula is C12H11F3N2S. The Morgan fingerprint density at radius 3 is 2.61 bits per heavy atom. The SMILES string of the molecule is FC(F)(F)c1cc(NCCS)c2ccccc2n1. The Labute approximate surface area is 108 Å². The zero-order valence-corrected chi connectivity index (χ0v) is 10.2. The fourth-order valence-corrected chi connectivity index (χ4v) is 1.77. The average Bonchev–Trinajstić information content (AvgIpc) is 2.34. The molecule has 2 nitrogen and oxygen atoms in total. The number of benzene rings is 1. The molecular weight excluding hydrogens is 261 g/mol. The first-order valence-electron chi connectivity index (χ1n) is 5.34. The standard InChI is InChI=1S/C12H11F3N2S/c13-12(14,15)11-7-10(16-5-6-18)8-3-1-2-4-9(8)17-11/h1-4,7,18H,5-6H2,(H,16,17). The molecule has 0 aliphatic carbocycles. The predicted molar refractivity (Wildman–Crippen MR) is 69.1 cm³/mol. The summed E-state index contributed by atoms with van der Waals surface area (Å²) in [6, 6.07) is 7.77. The number of hydrogen-bond acceptors (Lipinski definition) is 3. The molecule has 0 amide bonds. The number of halogens is 3. The molecule has 0 aliphatic heterocycles. The molecule has 0 saturated carbocycles. The van der Waals surface area contributed by atoms with Crippen molar-refractivity contribution in [3.8, 4) is 0 Å². The van der Waals surface area contributed by atoms with E-state index in [1.165, 1.54) is 0 Å². The van der Waals surface area contributed by atoms with Crippen molar-refractivity contribution in [1.82, 2.24) is 4.98 Å². The maximum Gasteiger partial charge on any atom is 0.433 e. The summed E-state index contributed by atoms with van der Waals surface area (Å²) in [5.41, 5.74) is -0.126. The third kappa shape index (κ3) is 2.69. The molecule has 0 aliphatic rings. The minimum Gasteiger partial charge on any atom is -0.384 e. The lowest BCUT2D eigenvalue weighted by Crippen LogP contribution is -2.10. The molecule has 0 atom stereocenters. The monoisotopic (exact) mass is 272 g/mol. The molecule has 1 aromatic carbocycles. The molecule has 0 saturated heterocycles. The Bertz CT molecular complexity index is 555. The third-order valence-corrected chi connectivity index (χ3v) is 2.66. The second-order valence-electron chi connectivity index (χ2n) is 3.72. The normalized spacial score (nSPS) is 11.8. The van der Waals surface area contributed by atoms with Crippen LogP contribution in [-0.4, -0.2) is 17.3 Å². The van der Waals surface area contributed by atoms with Crippen LogP contribution in [0.15, 0.2) is 30.3 Å². The number of pyridine rings is 1. The summed E-state index contributed by atoms with van der Waals surface area (Å²) < 4.78 is 38.1. The van der Waals surface area contributed by atoms with Crippen molar-refractivity contribution in [3.05, 3.63) is 36.0 Å². The lowest BCUT2D eigenvalue weighted by molar-refractivity contribution is -0.140. The Balaban J connectivity index is 2.57. The second-order valence-corrected chi connectivity index (χ2v) is 4.17. The number of hydrogen-bond donors (Lipinski definition) is 2. The molecule has 1 heterocycles. The van der Waals surface area contributed by atoms with Crippen molar-refractivity contribution in [2.75, 3.05) is 17.6 Å². The van der Waals surface area contributed by atoms with Crippen molar-refractivity contribution in [2.45, 2.75) is 6.18 Å². The number of alkyl halides is 3. The highest BCUT2D eigenvalue weighted by Crippen LogP contribution is 2.32. The zero-order valence-electron chi connectivity index (χ0n) is 9.33. The number of rotatable bonds is 3. The third-order valence-electron chi connectivity index (χ3n) is 2.43. The number of fused-ring (bicyclic) bond motifs is 1. The van der Waals surface area contributed by atoms with E-state index in [2.05, 4.69) is 22.9 Å². The molecule has 6 heteroatoms. The number of nitrogens with one attached hydrogen (secondary N) is 1. The maximum absolute atomic E-state index is 12.7. The van der Waals surface area contributed by atoms with Gasteiger partial charge in [0.2, 0.25) is 0 Å². The zero-order chi connectivity index (χ0) is 13.2. The number of anilines is 1. The van der Waals surface area contributed by atoms with E-state index in [1.807, 2.05) is 0 Å². The predicted octanol–water partition coefficient (Wildman–Crippen LogP) is 3.60. The van der Waals surface area contributed by atoms with Crippen LogP contribution in [0, 0.1) is 0 Å². The lowest BCUT2D eigenvalue weighted by Gasteiger charge is -2.12. The van der Waals surface area contributed by atoms with E-state index in [0.717, 1.165) is 6.07 Å². The molecule has 2 rings (SSSR count). The Morgan fingerprint density at radius 1 is 1.22 bits per heavy atom. The van der Waals surface area contributed by atoms with E-state index in [0.29, 0.717) is 28.9 Å². The van der Waals surface area contributed by atoms with Crippen LogP contribution in [0.2, 0.25) is 0 Å². The molecule has 0 unspecified atom stereocenters. The second kappa shape index (κ2) is 5.06. The summed E-state index contributed by atoms with van der Waals surface area (Å²) in [5, 5.41) is 3.61. The van der Waals surface area contributed by atoms with E-state index in [1.54, 1.807) is 24.3 Å². The number of para-hydroxylation sites is 1. The van der Waals surface area contributed by atoms with Crippen LogP contribution in [0.1, 0.15) is 5.69 Å².